The lowest BCUT2D eigenvalue weighted by atomic mass is 10.1. The lowest BCUT2D eigenvalue weighted by Crippen LogP contribution is -2.40. The maximum absolute atomic E-state index is 13.6. The van der Waals surface area contributed by atoms with Crippen LogP contribution in [0.1, 0.15) is 28.8 Å². The first-order valence-corrected chi connectivity index (χ1v) is 8.29. The van der Waals surface area contributed by atoms with E-state index in [1.54, 1.807) is 23.9 Å². The Morgan fingerprint density at radius 2 is 2.35 bits per heavy atom. The zero-order chi connectivity index (χ0) is 14.5. The fourth-order valence-electron chi connectivity index (χ4n) is 2.69. The second kappa shape index (κ2) is 7.09. The highest BCUT2D eigenvalue weighted by Crippen LogP contribution is 2.22. The number of nitrogens with zero attached hydrogens (tertiary/aromatic N) is 1. The third kappa shape index (κ3) is 3.33. The summed E-state index contributed by atoms with van der Waals surface area (Å²) in [6.07, 6.45) is 4.00. The van der Waals surface area contributed by atoms with E-state index in [-0.39, 0.29) is 17.8 Å². The molecular formula is C15H21FN2OS. The predicted molar refractivity (Wildman–Crippen MR) is 81.6 cm³/mol. The van der Waals surface area contributed by atoms with Gasteiger partial charge in [0.2, 0.25) is 0 Å². The molecule has 1 heterocycles. The molecule has 5 heteroatoms. The van der Waals surface area contributed by atoms with Crippen LogP contribution in [0.4, 0.5) is 4.39 Å². The van der Waals surface area contributed by atoms with Crippen molar-refractivity contribution in [2.24, 2.45) is 0 Å². The molecule has 0 bridgehead atoms. The van der Waals surface area contributed by atoms with Crippen molar-refractivity contribution in [2.45, 2.75) is 24.6 Å². The standard InChI is InChI=1S/C15H21FN2OS/c1-17-9-13-4-3-7-18(13)15(19)11-5-6-14(16)12(8-11)10-20-2/h5-6,8,13,17H,3-4,7,9-10H2,1-2H3/t13-/m0/s1. The molecule has 1 aromatic carbocycles. The number of thioether (sulfide) groups is 1. The van der Waals surface area contributed by atoms with Crippen LogP contribution in [0.5, 0.6) is 0 Å². The summed E-state index contributed by atoms with van der Waals surface area (Å²) in [6, 6.07) is 4.95. The van der Waals surface area contributed by atoms with E-state index in [2.05, 4.69) is 5.32 Å². The number of hydrogen-bond donors (Lipinski definition) is 1. The van der Waals surface area contributed by atoms with Gasteiger partial charge in [-0.1, -0.05) is 0 Å². The van der Waals surface area contributed by atoms with Gasteiger partial charge >= 0.3 is 0 Å². The number of carbonyl (C=O) groups excluding carboxylic acids is 1. The first kappa shape index (κ1) is 15.3. The molecule has 0 spiro atoms. The largest absolute Gasteiger partial charge is 0.334 e. The Bertz CT molecular complexity index is 481. The first-order valence-electron chi connectivity index (χ1n) is 6.90. The summed E-state index contributed by atoms with van der Waals surface area (Å²) in [6.45, 7) is 1.60. The highest BCUT2D eigenvalue weighted by Gasteiger charge is 2.29. The summed E-state index contributed by atoms with van der Waals surface area (Å²) in [7, 11) is 1.90. The number of hydrogen-bond acceptors (Lipinski definition) is 3. The van der Waals surface area contributed by atoms with Crippen LogP contribution in [0.25, 0.3) is 0 Å². The van der Waals surface area contributed by atoms with E-state index < -0.39 is 0 Å². The molecule has 0 aliphatic carbocycles. The van der Waals surface area contributed by atoms with E-state index >= 15 is 0 Å². The molecule has 1 amide bonds. The van der Waals surface area contributed by atoms with Crippen LogP contribution in [0.3, 0.4) is 0 Å². The van der Waals surface area contributed by atoms with E-state index in [0.29, 0.717) is 16.9 Å². The molecule has 0 aromatic heterocycles. The molecular weight excluding hydrogens is 275 g/mol. The van der Waals surface area contributed by atoms with Gasteiger partial charge in [0.25, 0.3) is 5.91 Å². The van der Waals surface area contributed by atoms with E-state index in [9.17, 15) is 9.18 Å². The Morgan fingerprint density at radius 1 is 1.55 bits per heavy atom. The van der Waals surface area contributed by atoms with Crippen molar-refractivity contribution in [1.82, 2.24) is 10.2 Å². The van der Waals surface area contributed by atoms with Crippen molar-refractivity contribution >= 4 is 17.7 Å². The molecule has 110 valence electrons. The van der Waals surface area contributed by atoms with Crippen LogP contribution in [0.2, 0.25) is 0 Å². The second-order valence-electron chi connectivity index (χ2n) is 5.09. The summed E-state index contributed by atoms with van der Waals surface area (Å²) in [5.41, 5.74) is 1.20. The van der Waals surface area contributed by atoms with Gasteiger partial charge in [-0.25, -0.2) is 4.39 Å². The number of halogens is 1. The van der Waals surface area contributed by atoms with Crippen molar-refractivity contribution in [2.75, 3.05) is 26.4 Å². The quantitative estimate of drug-likeness (QED) is 0.906. The topological polar surface area (TPSA) is 32.3 Å². The van der Waals surface area contributed by atoms with Crippen LogP contribution in [0.15, 0.2) is 18.2 Å². The van der Waals surface area contributed by atoms with Gasteiger partial charge in [0, 0.05) is 30.4 Å². The summed E-state index contributed by atoms with van der Waals surface area (Å²) in [5, 5.41) is 3.13. The minimum atomic E-state index is -0.232. The summed E-state index contributed by atoms with van der Waals surface area (Å²) < 4.78 is 13.6. The molecule has 1 fully saturated rings. The summed E-state index contributed by atoms with van der Waals surface area (Å²) in [5.74, 6) is 0.376. The van der Waals surface area contributed by atoms with Crippen molar-refractivity contribution in [3.8, 4) is 0 Å². The molecule has 3 nitrogen and oxygen atoms in total. The van der Waals surface area contributed by atoms with Crippen LogP contribution < -0.4 is 5.32 Å². The number of likely N-dealkylation sites (tertiary alicyclic amines) is 1. The van der Waals surface area contributed by atoms with Gasteiger partial charge in [-0.05, 0) is 49.9 Å². The van der Waals surface area contributed by atoms with Gasteiger partial charge in [-0.15, -0.1) is 0 Å². The number of carbonyl (C=O) groups is 1. The Morgan fingerprint density at radius 3 is 3.05 bits per heavy atom. The summed E-state index contributed by atoms with van der Waals surface area (Å²) in [4.78, 5) is 14.5. The molecule has 20 heavy (non-hydrogen) atoms. The highest BCUT2D eigenvalue weighted by molar-refractivity contribution is 7.97. The number of rotatable bonds is 5. The van der Waals surface area contributed by atoms with Gasteiger partial charge in [0.05, 0.1) is 0 Å². The van der Waals surface area contributed by atoms with Gasteiger partial charge < -0.3 is 10.2 Å². The third-order valence-electron chi connectivity index (χ3n) is 3.67. The Hall–Kier alpha value is -1.07. The van der Waals surface area contributed by atoms with Crippen molar-refractivity contribution in [3.05, 3.63) is 35.1 Å². The maximum atomic E-state index is 13.6. The van der Waals surface area contributed by atoms with E-state index in [1.165, 1.54) is 6.07 Å². The summed E-state index contributed by atoms with van der Waals surface area (Å²) >= 11 is 1.56. The Labute approximate surface area is 123 Å². The molecule has 1 aliphatic rings. The maximum Gasteiger partial charge on any atom is 0.254 e. The minimum absolute atomic E-state index is 0.0186. The zero-order valence-electron chi connectivity index (χ0n) is 12.0. The van der Waals surface area contributed by atoms with E-state index in [4.69, 9.17) is 0 Å². The first-order chi connectivity index (χ1) is 9.67. The van der Waals surface area contributed by atoms with Gasteiger partial charge in [-0.2, -0.15) is 11.8 Å². The molecule has 1 N–H and O–H groups in total. The average Bonchev–Trinajstić information content (AvgIpc) is 2.89. The molecule has 1 aliphatic heterocycles. The van der Waals surface area contributed by atoms with Crippen LogP contribution in [-0.4, -0.2) is 43.2 Å². The van der Waals surface area contributed by atoms with E-state index in [0.717, 1.165) is 25.9 Å². The van der Waals surface area contributed by atoms with Crippen LogP contribution in [0, 0.1) is 5.82 Å². The monoisotopic (exact) mass is 296 g/mol. The molecule has 1 saturated heterocycles. The van der Waals surface area contributed by atoms with Crippen molar-refractivity contribution in [3.63, 3.8) is 0 Å². The van der Waals surface area contributed by atoms with Crippen molar-refractivity contribution < 1.29 is 9.18 Å². The van der Waals surface area contributed by atoms with Gasteiger partial charge in [0.15, 0.2) is 0 Å². The lowest BCUT2D eigenvalue weighted by Gasteiger charge is -2.24. The fourth-order valence-corrected chi connectivity index (χ4v) is 3.22. The number of benzene rings is 1. The predicted octanol–water partition coefficient (Wildman–Crippen LogP) is 2.51. The molecule has 0 radical (unpaired) electrons. The molecule has 1 aromatic rings. The minimum Gasteiger partial charge on any atom is -0.334 e. The highest BCUT2D eigenvalue weighted by atomic mass is 32.2. The SMILES string of the molecule is CNC[C@@H]1CCCN1C(=O)c1ccc(F)c(CSC)c1. The number of nitrogens with one attached hydrogen (secondary N) is 1. The number of likely N-dealkylation sites (N-methyl/N-ethyl adjacent to an activating group) is 1. The smallest absolute Gasteiger partial charge is 0.254 e. The number of amides is 1. The molecule has 0 unspecified atom stereocenters. The normalized spacial score (nSPS) is 18.6. The van der Waals surface area contributed by atoms with Crippen LogP contribution in [-0.2, 0) is 5.75 Å². The van der Waals surface area contributed by atoms with Crippen molar-refractivity contribution in [1.29, 1.82) is 0 Å². The second-order valence-corrected chi connectivity index (χ2v) is 5.96. The average molecular weight is 296 g/mol. The zero-order valence-corrected chi connectivity index (χ0v) is 12.8. The Balaban J connectivity index is 2.18. The molecule has 1 atom stereocenters. The molecule has 0 saturated carbocycles. The van der Waals surface area contributed by atoms with E-state index in [1.807, 2.05) is 18.2 Å². The van der Waals surface area contributed by atoms with Gasteiger partial charge in [0.1, 0.15) is 5.82 Å². The third-order valence-corrected chi connectivity index (χ3v) is 4.27. The lowest BCUT2D eigenvalue weighted by molar-refractivity contribution is 0.0737. The van der Waals surface area contributed by atoms with Crippen LogP contribution >= 0.6 is 11.8 Å². The molecule has 2 rings (SSSR count). The van der Waals surface area contributed by atoms with Gasteiger partial charge in [-0.3, -0.25) is 4.79 Å². The fraction of sp³-hybridized carbons (Fsp3) is 0.533. The Kier molecular flexibility index (Phi) is 5.43.